The molecule has 2 amide bonds. The van der Waals surface area contributed by atoms with Crippen LogP contribution in [0, 0.1) is 0 Å². The second kappa shape index (κ2) is 8.63. The SMILES string of the molecule is CNC(=O)[C@H](NC(=O)CN1CC[C@@H](c2ccccc2)C1)c1ccccc1. The van der Waals surface area contributed by atoms with E-state index in [1.165, 1.54) is 5.56 Å². The van der Waals surface area contributed by atoms with E-state index in [1.54, 1.807) is 7.05 Å². The Morgan fingerprint density at radius 2 is 1.73 bits per heavy atom. The topological polar surface area (TPSA) is 61.4 Å². The summed E-state index contributed by atoms with van der Waals surface area (Å²) in [4.78, 5) is 26.8. The number of hydrogen-bond acceptors (Lipinski definition) is 3. The van der Waals surface area contributed by atoms with Crippen molar-refractivity contribution in [1.82, 2.24) is 15.5 Å². The van der Waals surface area contributed by atoms with Crippen LogP contribution in [0.3, 0.4) is 0 Å². The molecule has 1 aliphatic rings. The van der Waals surface area contributed by atoms with E-state index in [0.29, 0.717) is 12.5 Å². The Morgan fingerprint density at radius 1 is 1.08 bits per heavy atom. The summed E-state index contributed by atoms with van der Waals surface area (Å²) in [5.74, 6) is 0.122. The van der Waals surface area contributed by atoms with Crippen molar-refractivity contribution in [1.29, 1.82) is 0 Å². The zero-order valence-corrected chi connectivity index (χ0v) is 15.0. The van der Waals surface area contributed by atoms with Gasteiger partial charge in [-0.15, -0.1) is 0 Å². The standard InChI is InChI=1S/C21H25N3O2/c1-22-21(26)20(17-10-6-3-7-11-17)23-19(25)15-24-13-12-18(14-24)16-8-4-2-5-9-16/h2-11,18,20H,12-15H2,1H3,(H,22,26)(H,23,25)/t18-,20-/m1/s1. The van der Waals surface area contributed by atoms with E-state index in [0.717, 1.165) is 25.1 Å². The first kappa shape index (κ1) is 18.1. The molecule has 26 heavy (non-hydrogen) atoms. The molecule has 1 heterocycles. The molecule has 0 radical (unpaired) electrons. The van der Waals surface area contributed by atoms with Crippen LogP contribution in [-0.4, -0.2) is 43.4 Å². The molecular weight excluding hydrogens is 326 g/mol. The van der Waals surface area contributed by atoms with Crippen LogP contribution in [0.1, 0.15) is 29.5 Å². The zero-order valence-electron chi connectivity index (χ0n) is 15.0. The Labute approximate surface area is 154 Å². The van der Waals surface area contributed by atoms with Crippen molar-refractivity contribution in [3.05, 3.63) is 71.8 Å². The van der Waals surface area contributed by atoms with E-state index in [4.69, 9.17) is 0 Å². The van der Waals surface area contributed by atoms with Crippen LogP contribution < -0.4 is 10.6 Å². The molecule has 2 aromatic rings. The Hall–Kier alpha value is -2.66. The first-order valence-electron chi connectivity index (χ1n) is 9.00. The van der Waals surface area contributed by atoms with Crippen LogP contribution in [0.25, 0.3) is 0 Å². The van der Waals surface area contributed by atoms with Crippen LogP contribution in [0.5, 0.6) is 0 Å². The van der Waals surface area contributed by atoms with Gasteiger partial charge in [-0.1, -0.05) is 60.7 Å². The molecule has 0 unspecified atom stereocenters. The summed E-state index contributed by atoms with van der Waals surface area (Å²) < 4.78 is 0. The molecule has 0 aromatic heterocycles. The lowest BCUT2D eigenvalue weighted by Crippen LogP contribution is -2.43. The Bertz CT molecular complexity index is 733. The fourth-order valence-electron chi connectivity index (χ4n) is 3.47. The average Bonchev–Trinajstić information content (AvgIpc) is 3.15. The first-order valence-corrected chi connectivity index (χ1v) is 9.00. The van der Waals surface area contributed by atoms with Gasteiger partial charge in [0.2, 0.25) is 11.8 Å². The first-order chi connectivity index (χ1) is 12.7. The third-order valence-corrected chi connectivity index (χ3v) is 4.86. The van der Waals surface area contributed by atoms with Crippen molar-refractivity contribution in [2.75, 3.05) is 26.7 Å². The molecule has 2 N–H and O–H groups in total. The van der Waals surface area contributed by atoms with Gasteiger partial charge in [0.15, 0.2) is 0 Å². The molecule has 0 bridgehead atoms. The number of benzene rings is 2. The normalized spacial score (nSPS) is 18.3. The largest absolute Gasteiger partial charge is 0.357 e. The minimum Gasteiger partial charge on any atom is -0.357 e. The van der Waals surface area contributed by atoms with Crippen molar-refractivity contribution in [3.8, 4) is 0 Å². The highest BCUT2D eigenvalue weighted by atomic mass is 16.2. The second-order valence-electron chi connectivity index (χ2n) is 6.66. The van der Waals surface area contributed by atoms with Gasteiger partial charge >= 0.3 is 0 Å². The Kier molecular flexibility index (Phi) is 6.02. The summed E-state index contributed by atoms with van der Waals surface area (Å²) >= 11 is 0. The molecule has 5 nitrogen and oxygen atoms in total. The van der Waals surface area contributed by atoms with E-state index >= 15 is 0 Å². The maximum atomic E-state index is 12.5. The van der Waals surface area contributed by atoms with Gasteiger partial charge in [-0.05, 0) is 30.0 Å². The van der Waals surface area contributed by atoms with E-state index < -0.39 is 6.04 Å². The zero-order chi connectivity index (χ0) is 18.4. The van der Waals surface area contributed by atoms with Gasteiger partial charge in [0.25, 0.3) is 0 Å². The molecule has 2 atom stereocenters. The number of carbonyl (C=O) groups is 2. The minimum atomic E-state index is -0.666. The van der Waals surface area contributed by atoms with Gasteiger partial charge in [0.05, 0.1) is 6.54 Å². The molecule has 5 heteroatoms. The number of hydrogen-bond donors (Lipinski definition) is 2. The lowest BCUT2D eigenvalue weighted by atomic mass is 9.99. The van der Waals surface area contributed by atoms with Crippen LogP contribution in [0.4, 0.5) is 0 Å². The maximum absolute atomic E-state index is 12.5. The Balaban J connectivity index is 1.58. The fourth-order valence-corrected chi connectivity index (χ4v) is 3.47. The van der Waals surface area contributed by atoms with Crippen LogP contribution in [0.2, 0.25) is 0 Å². The summed E-state index contributed by atoms with van der Waals surface area (Å²) in [6.45, 7) is 2.07. The summed E-state index contributed by atoms with van der Waals surface area (Å²) in [7, 11) is 1.58. The van der Waals surface area contributed by atoms with Gasteiger partial charge in [0, 0.05) is 13.6 Å². The van der Waals surface area contributed by atoms with Crippen molar-refractivity contribution in [2.45, 2.75) is 18.4 Å². The highest BCUT2D eigenvalue weighted by Gasteiger charge is 2.27. The lowest BCUT2D eigenvalue weighted by Gasteiger charge is -2.20. The highest BCUT2D eigenvalue weighted by molar-refractivity contribution is 5.89. The highest BCUT2D eigenvalue weighted by Crippen LogP contribution is 2.26. The van der Waals surface area contributed by atoms with E-state index in [-0.39, 0.29) is 11.8 Å². The molecule has 1 aliphatic heterocycles. The molecule has 1 saturated heterocycles. The van der Waals surface area contributed by atoms with Crippen molar-refractivity contribution < 1.29 is 9.59 Å². The molecule has 0 saturated carbocycles. The number of likely N-dealkylation sites (tertiary alicyclic amines) is 1. The molecular formula is C21H25N3O2. The van der Waals surface area contributed by atoms with E-state index in [2.05, 4.69) is 39.8 Å². The molecule has 0 aliphatic carbocycles. The van der Waals surface area contributed by atoms with Crippen molar-refractivity contribution in [3.63, 3.8) is 0 Å². The van der Waals surface area contributed by atoms with Crippen LogP contribution >= 0.6 is 0 Å². The molecule has 3 rings (SSSR count). The third kappa shape index (κ3) is 4.49. The predicted octanol–water partition coefficient (Wildman–Crippen LogP) is 2.08. The summed E-state index contributed by atoms with van der Waals surface area (Å²) in [5.41, 5.74) is 2.10. The number of nitrogens with one attached hydrogen (secondary N) is 2. The van der Waals surface area contributed by atoms with Crippen LogP contribution in [-0.2, 0) is 9.59 Å². The van der Waals surface area contributed by atoms with Gasteiger partial charge in [0.1, 0.15) is 6.04 Å². The number of carbonyl (C=O) groups excluding carboxylic acids is 2. The van der Waals surface area contributed by atoms with Gasteiger partial charge in [-0.3, -0.25) is 14.5 Å². The predicted molar refractivity (Wildman–Crippen MR) is 102 cm³/mol. The summed E-state index contributed by atoms with van der Waals surface area (Å²) in [6, 6.07) is 19.1. The van der Waals surface area contributed by atoms with Gasteiger partial charge in [-0.2, -0.15) is 0 Å². The number of amides is 2. The van der Waals surface area contributed by atoms with Crippen molar-refractivity contribution >= 4 is 11.8 Å². The molecule has 136 valence electrons. The average molecular weight is 351 g/mol. The van der Waals surface area contributed by atoms with E-state index in [1.807, 2.05) is 36.4 Å². The summed E-state index contributed by atoms with van der Waals surface area (Å²) in [6.07, 6.45) is 1.05. The number of nitrogens with zero attached hydrogens (tertiary/aromatic N) is 1. The Morgan fingerprint density at radius 3 is 2.38 bits per heavy atom. The molecule has 2 aromatic carbocycles. The number of likely N-dealkylation sites (N-methyl/N-ethyl adjacent to an activating group) is 1. The number of rotatable bonds is 6. The lowest BCUT2D eigenvalue weighted by molar-refractivity contribution is -0.129. The summed E-state index contributed by atoms with van der Waals surface area (Å²) in [5, 5.41) is 5.50. The molecule has 0 spiro atoms. The smallest absolute Gasteiger partial charge is 0.246 e. The third-order valence-electron chi connectivity index (χ3n) is 4.86. The monoisotopic (exact) mass is 351 g/mol. The molecule has 1 fully saturated rings. The van der Waals surface area contributed by atoms with Crippen molar-refractivity contribution in [2.24, 2.45) is 0 Å². The van der Waals surface area contributed by atoms with Crippen LogP contribution in [0.15, 0.2) is 60.7 Å². The van der Waals surface area contributed by atoms with Gasteiger partial charge < -0.3 is 10.6 Å². The maximum Gasteiger partial charge on any atom is 0.246 e. The fraction of sp³-hybridized carbons (Fsp3) is 0.333. The minimum absolute atomic E-state index is 0.129. The second-order valence-corrected chi connectivity index (χ2v) is 6.66. The van der Waals surface area contributed by atoms with Gasteiger partial charge in [-0.25, -0.2) is 0 Å². The quantitative estimate of drug-likeness (QED) is 0.838. The van der Waals surface area contributed by atoms with E-state index in [9.17, 15) is 9.59 Å².